The molecule has 1 heterocycles. The van der Waals surface area contributed by atoms with Gasteiger partial charge in [0, 0.05) is 5.39 Å². The zero-order valence-corrected chi connectivity index (χ0v) is 13.4. The number of carbonyl (C=O) groups is 1. The van der Waals surface area contributed by atoms with Crippen LogP contribution < -0.4 is 11.1 Å². The van der Waals surface area contributed by atoms with Crippen molar-refractivity contribution in [1.82, 2.24) is 10.3 Å². The van der Waals surface area contributed by atoms with Gasteiger partial charge in [-0.15, -0.1) is 0 Å². The van der Waals surface area contributed by atoms with E-state index in [0.29, 0.717) is 5.82 Å². The minimum Gasteiger partial charge on any atom is -0.445 e. The number of nitrogens with two attached hydrogens (primary N) is 1. The van der Waals surface area contributed by atoms with Crippen molar-refractivity contribution in [1.29, 1.82) is 0 Å². The van der Waals surface area contributed by atoms with Gasteiger partial charge < -0.3 is 15.8 Å². The summed E-state index contributed by atoms with van der Waals surface area (Å²) >= 11 is 0. The molecule has 0 radical (unpaired) electrons. The summed E-state index contributed by atoms with van der Waals surface area (Å²) in [7, 11) is 0. The third-order valence-corrected chi connectivity index (χ3v) is 3.78. The largest absolute Gasteiger partial charge is 0.445 e. The topological polar surface area (TPSA) is 77.2 Å². The highest BCUT2D eigenvalue weighted by Crippen LogP contribution is 2.25. The lowest BCUT2D eigenvalue weighted by Gasteiger charge is -2.17. The summed E-state index contributed by atoms with van der Waals surface area (Å²) in [6.07, 6.45) is -0.467. The molecule has 0 bridgehead atoms. The third-order valence-electron chi connectivity index (χ3n) is 3.78. The van der Waals surface area contributed by atoms with Gasteiger partial charge in [-0.05, 0) is 30.2 Å². The van der Waals surface area contributed by atoms with Gasteiger partial charge in [0.05, 0.1) is 11.6 Å². The van der Waals surface area contributed by atoms with Gasteiger partial charge in [0.15, 0.2) is 0 Å². The van der Waals surface area contributed by atoms with E-state index in [1.165, 1.54) is 0 Å². The number of aromatic nitrogens is 1. The van der Waals surface area contributed by atoms with Crippen LogP contribution in [0.25, 0.3) is 10.9 Å². The molecule has 0 aliphatic carbocycles. The first-order valence-electron chi connectivity index (χ1n) is 7.76. The number of amides is 1. The standard InChI is InChI=1S/C19H19N3O2/c1-13(21-19(23)24-12-14-7-3-2-4-8-14)16-11-18(20)22-17-10-6-5-9-15(16)17/h2-11,13H,12H2,1H3,(H2,20,22)(H,21,23)/t13-/m1/s1. The first kappa shape index (κ1) is 15.8. The molecular weight excluding hydrogens is 302 g/mol. The normalized spacial score (nSPS) is 11.9. The van der Waals surface area contributed by atoms with Crippen LogP contribution in [0.5, 0.6) is 0 Å². The second-order valence-electron chi connectivity index (χ2n) is 5.58. The lowest BCUT2D eigenvalue weighted by Crippen LogP contribution is -2.27. The number of rotatable bonds is 4. The Kier molecular flexibility index (Phi) is 4.61. The molecule has 1 aromatic heterocycles. The molecule has 2 aromatic carbocycles. The molecule has 122 valence electrons. The van der Waals surface area contributed by atoms with E-state index < -0.39 is 6.09 Å². The van der Waals surface area contributed by atoms with E-state index in [-0.39, 0.29) is 12.6 Å². The summed E-state index contributed by atoms with van der Waals surface area (Å²) in [5, 5.41) is 3.80. The minimum atomic E-state index is -0.467. The van der Waals surface area contributed by atoms with Gasteiger partial charge in [-0.2, -0.15) is 0 Å². The molecule has 0 saturated carbocycles. The fourth-order valence-electron chi connectivity index (χ4n) is 2.60. The molecule has 0 fully saturated rings. The predicted octanol–water partition coefficient (Wildman–Crippen LogP) is 3.80. The van der Waals surface area contributed by atoms with E-state index in [1.807, 2.05) is 61.5 Å². The number of fused-ring (bicyclic) bond motifs is 1. The number of hydrogen-bond donors (Lipinski definition) is 2. The molecule has 0 saturated heterocycles. The highest BCUT2D eigenvalue weighted by atomic mass is 16.5. The smallest absolute Gasteiger partial charge is 0.407 e. The maximum atomic E-state index is 12.0. The number of benzene rings is 2. The Morgan fingerprint density at radius 1 is 1.17 bits per heavy atom. The zero-order valence-electron chi connectivity index (χ0n) is 13.4. The average Bonchev–Trinajstić information content (AvgIpc) is 2.60. The second kappa shape index (κ2) is 7.00. The summed E-state index contributed by atoms with van der Waals surface area (Å²) in [5.74, 6) is 0.426. The maximum absolute atomic E-state index is 12.0. The number of nitrogens with zero attached hydrogens (tertiary/aromatic N) is 1. The Bertz CT molecular complexity index is 850. The number of carbonyl (C=O) groups excluding carboxylic acids is 1. The van der Waals surface area contributed by atoms with Crippen LogP contribution in [0.15, 0.2) is 60.7 Å². The molecule has 1 atom stereocenters. The molecule has 0 unspecified atom stereocenters. The molecule has 0 spiro atoms. The van der Waals surface area contributed by atoms with Gasteiger partial charge in [-0.1, -0.05) is 48.5 Å². The van der Waals surface area contributed by atoms with E-state index in [1.54, 1.807) is 6.07 Å². The molecule has 5 heteroatoms. The average molecular weight is 321 g/mol. The quantitative estimate of drug-likeness (QED) is 0.766. The van der Waals surface area contributed by atoms with Gasteiger partial charge in [-0.3, -0.25) is 0 Å². The van der Waals surface area contributed by atoms with Crippen molar-refractivity contribution < 1.29 is 9.53 Å². The number of ether oxygens (including phenoxy) is 1. The van der Waals surface area contributed by atoms with Crippen LogP contribution in [-0.2, 0) is 11.3 Å². The summed E-state index contributed by atoms with van der Waals surface area (Å²) in [6, 6.07) is 18.8. The molecule has 5 nitrogen and oxygen atoms in total. The van der Waals surface area contributed by atoms with Crippen molar-refractivity contribution in [3.05, 3.63) is 71.8 Å². The van der Waals surface area contributed by atoms with Crippen LogP contribution >= 0.6 is 0 Å². The lowest BCUT2D eigenvalue weighted by atomic mass is 10.0. The summed E-state index contributed by atoms with van der Waals surface area (Å²) < 4.78 is 5.27. The van der Waals surface area contributed by atoms with Crippen molar-refractivity contribution in [3.63, 3.8) is 0 Å². The number of pyridine rings is 1. The summed E-state index contributed by atoms with van der Waals surface area (Å²) in [5.41, 5.74) is 8.53. The lowest BCUT2D eigenvalue weighted by molar-refractivity contribution is 0.136. The molecular formula is C19H19N3O2. The van der Waals surface area contributed by atoms with Gasteiger partial charge in [-0.25, -0.2) is 9.78 Å². The Morgan fingerprint density at radius 3 is 2.67 bits per heavy atom. The highest BCUT2D eigenvalue weighted by Gasteiger charge is 2.14. The SMILES string of the molecule is C[C@@H](NC(=O)OCc1ccccc1)c1cc(N)nc2ccccc12. The number of nitrogens with one attached hydrogen (secondary N) is 1. The number of para-hydroxylation sites is 1. The summed E-state index contributed by atoms with van der Waals surface area (Å²) in [4.78, 5) is 16.3. The second-order valence-corrected chi connectivity index (χ2v) is 5.58. The van der Waals surface area contributed by atoms with Crippen LogP contribution in [-0.4, -0.2) is 11.1 Å². The van der Waals surface area contributed by atoms with E-state index in [9.17, 15) is 4.79 Å². The van der Waals surface area contributed by atoms with Crippen molar-refractivity contribution in [2.45, 2.75) is 19.6 Å². The van der Waals surface area contributed by atoms with Crippen molar-refractivity contribution in [2.75, 3.05) is 5.73 Å². The molecule has 0 aliphatic heterocycles. The number of anilines is 1. The van der Waals surface area contributed by atoms with Crippen LogP contribution in [0.3, 0.4) is 0 Å². The molecule has 1 amide bonds. The van der Waals surface area contributed by atoms with Crippen LogP contribution in [0.4, 0.5) is 10.6 Å². The van der Waals surface area contributed by atoms with E-state index >= 15 is 0 Å². The van der Waals surface area contributed by atoms with Crippen LogP contribution in [0.2, 0.25) is 0 Å². The Morgan fingerprint density at radius 2 is 1.88 bits per heavy atom. The van der Waals surface area contributed by atoms with Gasteiger partial charge >= 0.3 is 6.09 Å². The van der Waals surface area contributed by atoms with Gasteiger partial charge in [0.25, 0.3) is 0 Å². The van der Waals surface area contributed by atoms with Crippen LogP contribution in [0, 0.1) is 0 Å². The molecule has 3 aromatic rings. The molecule has 24 heavy (non-hydrogen) atoms. The predicted molar refractivity (Wildman–Crippen MR) is 94.3 cm³/mol. The monoisotopic (exact) mass is 321 g/mol. The zero-order chi connectivity index (χ0) is 16.9. The maximum Gasteiger partial charge on any atom is 0.407 e. The fourth-order valence-corrected chi connectivity index (χ4v) is 2.60. The Balaban J connectivity index is 1.70. The highest BCUT2D eigenvalue weighted by molar-refractivity contribution is 5.84. The fraction of sp³-hybridized carbons (Fsp3) is 0.158. The molecule has 0 aliphatic rings. The van der Waals surface area contributed by atoms with Crippen molar-refractivity contribution in [2.24, 2.45) is 0 Å². The van der Waals surface area contributed by atoms with Crippen LogP contribution in [0.1, 0.15) is 24.1 Å². The third kappa shape index (κ3) is 3.63. The Hall–Kier alpha value is -3.08. The molecule has 3 rings (SSSR count). The first-order chi connectivity index (χ1) is 11.6. The van der Waals surface area contributed by atoms with E-state index in [0.717, 1.165) is 22.0 Å². The van der Waals surface area contributed by atoms with E-state index in [2.05, 4.69) is 10.3 Å². The van der Waals surface area contributed by atoms with Crippen molar-refractivity contribution >= 4 is 22.8 Å². The van der Waals surface area contributed by atoms with Gasteiger partial charge in [0.1, 0.15) is 12.4 Å². The minimum absolute atomic E-state index is 0.235. The first-order valence-corrected chi connectivity index (χ1v) is 7.76. The number of hydrogen-bond acceptors (Lipinski definition) is 4. The number of nitrogen functional groups attached to an aromatic ring is 1. The number of alkyl carbamates (subject to hydrolysis) is 1. The summed E-state index contributed by atoms with van der Waals surface area (Å²) in [6.45, 7) is 2.13. The Labute approximate surface area is 140 Å². The molecule has 3 N–H and O–H groups in total. The van der Waals surface area contributed by atoms with Crippen molar-refractivity contribution in [3.8, 4) is 0 Å². The van der Waals surface area contributed by atoms with Gasteiger partial charge in [0.2, 0.25) is 0 Å². The van der Waals surface area contributed by atoms with E-state index in [4.69, 9.17) is 10.5 Å².